The van der Waals surface area contributed by atoms with Crippen LogP contribution < -0.4 is 0 Å². The quantitative estimate of drug-likeness (QED) is 0.752. The average Bonchev–Trinajstić information content (AvgIpc) is 2.47. The van der Waals surface area contributed by atoms with Gasteiger partial charge in [-0.3, -0.25) is 4.98 Å². The van der Waals surface area contributed by atoms with E-state index < -0.39 is 10.7 Å². The molecule has 2 aromatic carbocycles. The minimum atomic E-state index is -2.38. The lowest BCUT2D eigenvalue weighted by atomic mass is 10.0. The van der Waals surface area contributed by atoms with Gasteiger partial charge in [0.25, 0.3) is 0 Å². The maximum atomic E-state index is 10.7. The molecule has 0 aliphatic rings. The van der Waals surface area contributed by atoms with Crippen LogP contribution in [-0.2, 0) is 16.5 Å². The topological polar surface area (TPSA) is 47.0 Å². The van der Waals surface area contributed by atoms with Gasteiger partial charge in [0.1, 0.15) is 10.7 Å². The smallest absolute Gasteiger partial charge is 0.144 e. The van der Waals surface area contributed by atoms with Crippen LogP contribution in [0.5, 0.6) is 0 Å². The Morgan fingerprint density at radius 3 is 2.40 bits per heavy atom. The van der Waals surface area contributed by atoms with E-state index in [1.54, 1.807) is 0 Å². The third-order valence-electron chi connectivity index (χ3n) is 3.24. The van der Waals surface area contributed by atoms with Crippen LogP contribution in [-0.4, -0.2) is 13.4 Å². The van der Waals surface area contributed by atoms with Gasteiger partial charge >= 0.3 is 0 Å². The molecule has 1 heterocycles. The number of hydrogen-bond donors (Lipinski definition) is 1. The third-order valence-corrected chi connectivity index (χ3v) is 3.87. The summed E-state index contributed by atoms with van der Waals surface area (Å²) in [4.78, 5) is 4.26. The zero-order valence-electron chi connectivity index (χ0n) is 10.7. The molecule has 3 aromatic rings. The number of pyridine rings is 1. The first-order valence-electron chi connectivity index (χ1n) is 6.28. The Hall–Kier alpha value is -2.20. The Balaban J connectivity index is 2.07. The van der Waals surface area contributed by atoms with Crippen LogP contribution in [0.1, 0.15) is 5.56 Å². The van der Waals surface area contributed by atoms with Gasteiger partial charge in [-0.2, -0.15) is 0 Å². The second kappa shape index (κ2) is 5.43. The highest BCUT2D eigenvalue weighted by Gasteiger charge is 2.04. The molecule has 0 amide bonds. The molecule has 0 saturated carbocycles. The van der Waals surface area contributed by atoms with Gasteiger partial charge in [0, 0.05) is 23.3 Å². The lowest BCUT2D eigenvalue weighted by Gasteiger charge is -2.06. The minimum absolute atomic E-state index is 0.0867. The van der Waals surface area contributed by atoms with Crippen LogP contribution in [0.2, 0.25) is 0 Å². The summed E-state index contributed by atoms with van der Waals surface area (Å²) in [6.07, 6.45) is 3.68. The van der Waals surface area contributed by atoms with E-state index >= 15 is 0 Å². The van der Waals surface area contributed by atoms with Crippen molar-refractivity contribution in [2.75, 3.05) is 0 Å². The highest BCUT2D eigenvalue weighted by atomic mass is 32.2. The molecule has 100 valence electrons. The second-order valence-corrected chi connectivity index (χ2v) is 5.58. The lowest BCUT2D eigenvalue weighted by Crippen LogP contribution is -1.88. The summed E-state index contributed by atoms with van der Waals surface area (Å²) in [6.45, 7) is 0. The molecule has 3 rings (SSSR count). The van der Waals surface area contributed by atoms with Gasteiger partial charge < -0.3 is 0 Å². The SMILES string of the molecule is O=[SH](=O)Cc1ccc(-c2cncc3ccccc23)cc1. The van der Waals surface area contributed by atoms with E-state index in [0.29, 0.717) is 0 Å². The molecule has 3 nitrogen and oxygen atoms in total. The Morgan fingerprint density at radius 1 is 0.900 bits per heavy atom. The normalized spacial score (nSPS) is 11.1. The summed E-state index contributed by atoms with van der Waals surface area (Å²) in [5.41, 5.74) is 2.90. The van der Waals surface area contributed by atoms with Crippen molar-refractivity contribution in [2.24, 2.45) is 0 Å². The molecule has 20 heavy (non-hydrogen) atoms. The average molecular weight is 283 g/mol. The van der Waals surface area contributed by atoms with Crippen molar-refractivity contribution in [1.82, 2.24) is 4.98 Å². The second-order valence-electron chi connectivity index (χ2n) is 4.60. The van der Waals surface area contributed by atoms with Crippen molar-refractivity contribution in [1.29, 1.82) is 0 Å². The van der Waals surface area contributed by atoms with Crippen molar-refractivity contribution in [3.05, 3.63) is 66.5 Å². The van der Waals surface area contributed by atoms with Gasteiger partial charge in [-0.1, -0.05) is 48.5 Å². The predicted octanol–water partition coefficient (Wildman–Crippen LogP) is 3.01. The number of nitrogens with zero attached hydrogens (tertiary/aromatic N) is 1. The summed E-state index contributed by atoms with van der Waals surface area (Å²) in [6, 6.07) is 15.7. The standard InChI is InChI=1S/C16H13NO2S/c18-20(19)11-12-5-7-13(8-6-12)16-10-17-9-14-3-1-2-4-15(14)16/h1-10,20H,11H2. The summed E-state index contributed by atoms with van der Waals surface area (Å²) in [5, 5.41) is 2.24. The van der Waals surface area contributed by atoms with E-state index in [4.69, 9.17) is 0 Å². The summed E-state index contributed by atoms with van der Waals surface area (Å²) >= 11 is 0. The van der Waals surface area contributed by atoms with E-state index in [-0.39, 0.29) is 5.75 Å². The monoisotopic (exact) mass is 283 g/mol. The van der Waals surface area contributed by atoms with Gasteiger partial charge in [-0.15, -0.1) is 0 Å². The van der Waals surface area contributed by atoms with Crippen molar-refractivity contribution in [3.63, 3.8) is 0 Å². The van der Waals surface area contributed by atoms with Crippen LogP contribution in [0.15, 0.2) is 60.9 Å². The highest BCUT2D eigenvalue weighted by molar-refractivity contribution is 7.71. The first-order chi connectivity index (χ1) is 9.74. The Labute approximate surface area is 118 Å². The molecule has 1 aromatic heterocycles. The van der Waals surface area contributed by atoms with Crippen molar-refractivity contribution in [2.45, 2.75) is 5.75 Å². The largest absolute Gasteiger partial charge is 0.263 e. The van der Waals surface area contributed by atoms with E-state index in [1.165, 1.54) is 0 Å². The van der Waals surface area contributed by atoms with Crippen LogP contribution in [0.4, 0.5) is 0 Å². The zero-order chi connectivity index (χ0) is 13.9. The fourth-order valence-electron chi connectivity index (χ4n) is 2.29. The van der Waals surface area contributed by atoms with Crippen LogP contribution in [0.3, 0.4) is 0 Å². The molecule has 0 bridgehead atoms. The van der Waals surface area contributed by atoms with Gasteiger partial charge in [-0.05, 0) is 16.5 Å². The number of fused-ring (bicyclic) bond motifs is 1. The molecule has 0 atom stereocenters. The molecule has 0 radical (unpaired) electrons. The van der Waals surface area contributed by atoms with Crippen molar-refractivity contribution in [3.8, 4) is 11.1 Å². The fraction of sp³-hybridized carbons (Fsp3) is 0.0625. The molecule has 0 unspecified atom stereocenters. The van der Waals surface area contributed by atoms with Crippen LogP contribution >= 0.6 is 0 Å². The predicted molar refractivity (Wildman–Crippen MR) is 81.2 cm³/mol. The van der Waals surface area contributed by atoms with E-state index in [9.17, 15) is 8.42 Å². The van der Waals surface area contributed by atoms with E-state index in [0.717, 1.165) is 27.5 Å². The van der Waals surface area contributed by atoms with E-state index in [1.807, 2.05) is 54.9 Å². The Morgan fingerprint density at radius 2 is 1.65 bits per heavy atom. The Kier molecular flexibility index (Phi) is 3.48. The number of benzene rings is 2. The van der Waals surface area contributed by atoms with Gasteiger partial charge in [0.15, 0.2) is 0 Å². The summed E-state index contributed by atoms with van der Waals surface area (Å²) < 4.78 is 21.5. The number of aromatic nitrogens is 1. The maximum absolute atomic E-state index is 10.7. The molecule has 4 heteroatoms. The molecule has 0 N–H and O–H groups in total. The number of thiol groups is 1. The molecule has 0 fully saturated rings. The fourth-order valence-corrected chi connectivity index (χ4v) is 2.79. The number of hydrogen-bond acceptors (Lipinski definition) is 3. The third kappa shape index (κ3) is 2.56. The first kappa shape index (κ1) is 12.8. The van der Waals surface area contributed by atoms with Crippen LogP contribution in [0, 0.1) is 0 Å². The maximum Gasteiger partial charge on any atom is 0.144 e. The van der Waals surface area contributed by atoms with Crippen molar-refractivity contribution < 1.29 is 8.42 Å². The molecule has 0 aliphatic heterocycles. The minimum Gasteiger partial charge on any atom is -0.263 e. The molecular weight excluding hydrogens is 270 g/mol. The lowest BCUT2D eigenvalue weighted by molar-refractivity contribution is 0.614. The molecule has 0 spiro atoms. The van der Waals surface area contributed by atoms with Crippen LogP contribution in [0.25, 0.3) is 21.9 Å². The van der Waals surface area contributed by atoms with Gasteiger partial charge in [0.2, 0.25) is 0 Å². The molecule has 0 saturated heterocycles. The highest BCUT2D eigenvalue weighted by Crippen LogP contribution is 2.27. The Bertz CT molecular complexity index is 810. The zero-order valence-corrected chi connectivity index (χ0v) is 11.6. The van der Waals surface area contributed by atoms with Gasteiger partial charge in [0.05, 0.1) is 5.75 Å². The molecule has 0 aliphatic carbocycles. The first-order valence-corrected chi connectivity index (χ1v) is 7.64. The van der Waals surface area contributed by atoms with Crippen molar-refractivity contribution >= 4 is 21.5 Å². The summed E-state index contributed by atoms with van der Waals surface area (Å²) in [7, 11) is -2.38. The van der Waals surface area contributed by atoms with E-state index in [2.05, 4.69) is 11.1 Å². The number of rotatable bonds is 3. The summed E-state index contributed by atoms with van der Waals surface area (Å²) in [5.74, 6) is 0.0867. The molecular formula is C16H13NO2S. The van der Waals surface area contributed by atoms with Gasteiger partial charge in [-0.25, -0.2) is 8.42 Å².